The number of cyclic esters (lactones) is 2. The van der Waals surface area contributed by atoms with Crippen LogP contribution < -0.4 is 0 Å². The molecule has 0 aromatic heterocycles. The number of ether oxygens (including phenoxy) is 2. The maximum absolute atomic E-state index is 11.3. The number of rotatable bonds is 1. The number of carbonyl (C=O) groups is 3. The molecule has 1 fully saturated rings. The molecule has 0 saturated carbocycles. The van der Waals surface area contributed by atoms with Gasteiger partial charge in [-0.25, -0.2) is 0 Å². The fraction of sp³-hybridized carbons (Fsp3) is 0.500. The van der Waals surface area contributed by atoms with Crippen molar-refractivity contribution in [2.45, 2.75) is 19.4 Å². The van der Waals surface area contributed by atoms with Crippen molar-refractivity contribution in [1.82, 2.24) is 0 Å². The van der Waals surface area contributed by atoms with E-state index in [0.29, 0.717) is 6.42 Å². The first-order valence-electron chi connectivity index (χ1n) is 4.69. The molecule has 2 rings (SSSR count). The van der Waals surface area contributed by atoms with Crippen LogP contribution in [0.5, 0.6) is 0 Å². The number of hydrogen-bond donors (Lipinski definition) is 0. The van der Waals surface area contributed by atoms with Gasteiger partial charge in [-0.2, -0.15) is 0 Å². The lowest BCUT2D eigenvalue weighted by Crippen LogP contribution is -2.34. The molecule has 80 valence electrons. The second-order valence-electron chi connectivity index (χ2n) is 3.61. The third-order valence-corrected chi connectivity index (χ3v) is 2.58. The highest BCUT2D eigenvalue weighted by molar-refractivity contribution is 5.97. The Bertz CT molecular complexity index is 357. The van der Waals surface area contributed by atoms with Crippen molar-refractivity contribution >= 4 is 17.9 Å². The van der Waals surface area contributed by atoms with Crippen LogP contribution in [0.1, 0.15) is 13.3 Å². The van der Waals surface area contributed by atoms with Crippen LogP contribution in [0.25, 0.3) is 0 Å². The van der Waals surface area contributed by atoms with Gasteiger partial charge in [0.15, 0.2) is 0 Å². The molecule has 5 heteroatoms. The molecule has 3 atom stereocenters. The van der Waals surface area contributed by atoms with Crippen molar-refractivity contribution < 1.29 is 23.9 Å². The zero-order valence-electron chi connectivity index (χ0n) is 8.14. The molecule has 15 heavy (non-hydrogen) atoms. The van der Waals surface area contributed by atoms with E-state index in [0.717, 1.165) is 0 Å². The van der Waals surface area contributed by atoms with Gasteiger partial charge in [0.1, 0.15) is 12.0 Å². The molecule has 0 bridgehead atoms. The van der Waals surface area contributed by atoms with Crippen LogP contribution in [0.2, 0.25) is 0 Å². The molecule has 5 nitrogen and oxygen atoms in total. The lowest BCUT2D eigenvalue weighted by atomic mass is 9.83. The standard InChI is InChI=1S/C10H10O5/c1-5(11)14-7-4-2-3-6-8(7)10(13)15-9(6)12/h2,4,6-8H,3H2,1H3/t6-,7+,8+/m1/s1. The highest BCUT2D eigenvalue weighted by atomic mass is 16.6. The van der Waals surface area contributed by atoms with E-state index in [9.17, 15) is 14.4 Å². The fourth-order valence-corrected chi connectivity index (χ4v) is 1.94. The van der Waals surface area contributed by atoms with Crippen LogP contribution in [0.4, 0.5) is 0 Å². The number of carbonyl (C=O) groups excluding carboxylic acids is 3. The van der Waals surface area contributed by atoms with E-state index in [4.69, 9.17) is 4.74 Å². The van der Waals surface area contributed by atoms with E-state index in [1.807, 2.05) is 0 Å². The van der Waals surface area contributed by atoms with Crippen LogP contribution >= 0.6 is 0 Å². The van der Waals surface area contributed by atoms with Crippen LogP contribution in [0, 0.1) is 11.8 Å². The molecule has 0 N–H and O–H groups in total. The molecule has 0 aromatic rings. The number of esters is 3. The number of hydrogen-bond acceptors (Lipinski definition) is 5. The van der Waals surface area contributed by atoms with Gasteiger partial charge < -0.3 is 9.47 Å². The molecule has 1 aliphatic carbocycles. The Morgan fingerprint density at radius 3 is 2.87 bits per heavy atom. The van der Waals surface area contributed by atoms with Gasteiger partial charge in [0.05, 0.1) is 5.92 Å². The summed E-state index contributed by atoms with van der Waals surface area (Å²) >= 11 is 0. The van der Waals surface area contributed by atoms with Crippen LogP contribution in [-0.4, -0.2) is 24.0 Å². The predicted octanol–water partition coefficient (Wildman–Crippen LogP) is 0.194. The Morgan fingerprint density at radius 1 is 1.47 bits per heavy atom. The van der Waals surface area contributed by atoms with Gasteiger partial charge in [-0.15, -0.1) is 0 Å². The molecular weight excluding hydrogens is 200 g/mol. The third-order valence-electron chi connectivity index (χ3n) is 2.58. The molecule has 1 aliphatic heterocycles. The maximum atomic E-state index is 11.3. The van der Waals surface area contributed by atoms with Crippen LogP contribution in [0.15, 0.2) is 12.2 Å². The summed E-state index contributed by atoms with van der Waals surface area (Å²) in [6.45, 7) is 1.26. The van der Waals surface area contributed by atoms with Crippen molar-refractivity contribution in [3.63, 3.8) is 0 Å². The van der Waals surface area contributed by atoms with Crippen molar-refractivity contribution in [3.05, 3.63) is 12.2 Å². The van der Waals surface area contributed by atoms with Crippen LogP contribution in [0.3, 0.4) is 0 Å². The number of allylic oxidation sites excluding steroid dienone is 1. The topological polar surface area (TPSA) is 69.7 Å². The highest BCUT2D eigenvalue weighted by Crippen LogP contribution is 2.34. The molecular formula is C10H10O5. The van der Waals surface area contributed by atoms with Crippen molar-refractivity contribution in [2.24, 2.45) is 11.8 Å². The Kier molecular flexibility index (Phi) is 2.30. The van der Waals surface area contributed by atoms with Gasteiger partial charge in [0, 0.05) is 6.92 Å². The highest BCUT2D eigenvalue weighted by Gasteiger charge is 2.50. The quantitative estimate of drug-likeness (QED) is 0.351. The minimum atomic E-state index is -0.666. The Balaban J connectivity index is 2.22. The molecule has 0 unspecified atom stereocenters. The van der Waals surface area contributed by atoms with E-state index < -0.39 is 35.8 Å². The fourth-order valence-electron chi connectivity index (χ4n) is 1.94. The monoisotopic (exact) mass is 210 g/mol. The van der Waals surface area contributed by atoms with Crippen molar-refractivity contribution in [2.75, 3.05) is 0 Å². The zero-order valence-corrected chi connectivity index (χ0v) is 8.14. The Morgan fingerprint density at radius 2 is 2.20 bits per heavy atom. The van der Waals surface area contributed by atoms with Gasteiger partial charge in [-0.1, -0.05) is 6.08 Å². The molecule has 0 radical (unpaired) electrons. The van der Waals surface area contributed by atoms with Gasteiger partial charge >= 0.3 is 17.9 Å². The molecule has 0 amide bonds. The lowest BCUT2D eigenvalue weighted by Gasteiger charge is -2.23. The molecule has 1 saturated heterocycles. The van der Waals surface area contributed by atoms with Gasteiger partial charge in [0.2, 0.25) is 0 Å². The van der Waals surface area contributed by atoms with Gasteiger partial charge in [-0.3, -0.25) is 14.4 Å². The smallest absolute Gasteiger partial charge is 0.321 e. The van der Waals surface area contributed by atoms with Crippen LogP contribution in [-0.2, 0) is 23.9 Å². The normalized spacial score (nSPS) is 33.5. The van der Waals surface area contributed by atoms with Crippen molar-refractivity contribution in [3.8, 4) is 0 Å². The summed E-state index contributed by atoms with van der Waals surface area (Å²) < 4.78 is 9.46. The largest absolute Gasteiger partial charge is 0.457 e. The second-order valence-corrected chi connectivity index (χ2v) is 3.61. The van der Waals surface area contributed by atoms with Gasteiger partial charge in [-0.05, 0) is 12.5 Å². The summed E-state index contributed by atoms with van der Waals surface area (Å²) in [6.07, 6.45) is 3.16. The lowest BCUT2D eigenvalue weighted by molar-refractivity contribution is -0.155. The molecule has 2 aliphatic rings. The molecule has 0 spiro atoms. The first-order chi connectivity index (χ1) is 7.09. The minimum Gasteiger partial charge on any atom is -0.457 e. The minimum absolute atomic E-state index is 0.465. The average Bonchev–Trinajstić information content (AvgIpc) is 2.43. The van der Waals surface area contributed by atoms with Gasteiger partial charge in [0.25, 0.3) is 0 Å². The summed E-state index contributed by atoms with van der Waals surface area (Å²) in [5, 5.41) is 0. The van der Waals surface area contributed by atoms with E-state index in [2.05, 4.69) is 4.74 Å². The molecule has 0 aromatic carbocycles. The second kappa shape index (κ2) is 3.49. The third kappa shape index (κ3) is 1.65. The summed E-state index contributed by atoms with van der Waals surface area (Å²) in [6, 6.07) is 0. The number of fused-ring (bicyclic) bond motifs is 1. The average molecular weight is 210 g/mol. The zero-order chi connectivity index (χ0) is 11.0. The summed E-state index contributed by atoms with van der Waals surface area (Å²) in [4.78, 5) is 33.4. The van der Waals surface area contributed by atoms with E-state index >= 15 is 0 Å². The first kappa shape index (κ1) is 9.89. The summed E-state index contributed by atoms with van der Waals surface area (Å²) in [5.74, 6) is -2.75. The summed E-state index contributed by atoms with van der Waals surface area (Å²) in [7, 11) is 0. The molecule has 1 heterocycles. The predicted molar refractivity (Wildman–Crippen MR) is 47.4 cm³/mol. The maximum Gasteiger partial charge on any atom is 0.321 e. The van der Waals surface area contributed by atoms with E-state index in [1.165, 1.54) is 6.92 Å². The summed E-state index contributed by atoms with van der Waals surface area (Å²) in [5.41, 5.74) is 0. The van der Waals surface area contributed by atoms with Crippen molar-refractivity contribution in [1.29, 1.82) is 0 Å². The Labute approximate surface area is 86.0 Å². The SMILES string of the molecule is CC(=O)O[C@H]1C=CC[C@H]2C(=O)OC(=O)[C@H]12. The van der Waals surface area contributed by atoms with E-state index in [1.54, 1.807) is 12.2 Å². The van der Waals surface area contributed by atoms with E-state index in [-0.39, 0.29) is 0 Å². The Hall–Kier alpha value is -1.65. The first-order valence-corrected chi connectivity index (χ1v) is 4.69.